The second-order valence-corrected chi connectivity index (χ2v) is 9.77. The maximum Gasteiger partial charge on any atom is 0.345 e. The summed E-state index contributed by atoms with van der Waals surface area (Å²) in [7, 11) is 0. The van der Waals surface area contributed by atoms with E-state index in [1.54, 1.807) is 0 Å². The number of hydrogen-bond acceptors (Lipinski definition) is 11. The smallest absolute Gasteiger partial charge is 0.345 e. The van der Waals surface area contributed by atoms with Crippen LogP contribution in [0.15, 0.2) is 34.4 Å². The molecular weight excluding hydrogens is 488 g/mol. The van der Waals surface area contributed by atoms with Gasteiger partial charge in [0, 0.05) is 11.5 Å². The van der Waals surface area contributed by atoms with Crippen molar-refractivity contribution in [2.45, 2.75) is 82.7 Å². The van der Waals surface area contributed by atoms with E-state index >= 15 is 0 Å². The maximum atomic E-state index is 12.8. The summed E-state index contributed by atoms with van der Waals surface area (Å²) in [5.41, 5.74) is -1.12. The molecule has 3 heterocycles. The Hall–Kier alpha value is -3.15. The van der Waals surface area contributed by atoms with E-state index in [9.17, 15) is 39.3 Å². The molecule has 0 aromatic heterocycles. The van der Waals surface area contributed by atoms with Crippen LogP contribution in [0, 0.1) is 11.8 Å². The fourth-order valence-electron chi connectivity index (χ4n) is 5.42. The molecule has 37 heavy (non-hydrogen) atoms. The van der Waals surface area contributed by atoms with E-state index in [-0.39, 0.29) is 42.4 Å². The standard InChI is InChI=1S/C26H30O11/c1-2-3-4-5-7-15(27)20-18-13(23(31)36-25(18)33)10-12(21(29)16-8-6-9-17(28)35-16)11-14-19(22(20)30)26(34)37-24(14)32/h6,8,12,15-16,20-22,27,29-30H,2-5,7,9-11H2,1H3. The van der Waals surface area contributed by atoms with Crippen molar-refractivity contribution in [2.75, 3.05) is 0 Å². The van der Waals surface area contributed by atoms with Gasteiger partial charge in [0.15, 0.2) is 0 Å². The predicted octanol–water partition coefficient (Wildman–Crippen LogP) is 0.697. The molecule has 0 saturated heterocycles. The molecule has 4 aliphatic rings. The number of cyclic esters (lactones) is 5. The molecule has 11 heteroatoms. The number of carbonyl (C=O) groups is 5. The van der Waals surface area contributed by atoms with Crippen LogP contribution in [-0.2, 0) is 38.2 Å². The van der Waals surface area contributed by atoms with Gasteiger partial charge in [-0.3, -0.25) is 4.79 Å². The third-order valence-electron chi connectivity index (χ3n) is 7.32. The van der Waals surface area contributed by atoms with Crippen molar-refractivity contribution < 1.29 is 53.5 Å². The minimum atomic E-state index is -1.85. The van der Waals surface area contributed by atoms with Crippen LogP contribution in [0.1, 0.15) is 58.3 Å². The summed E-state index contributed by atoms with van der Waals surface area (Å²) in [6.45, 7) is 2.02. The summed E-state index contributed by atoms with van der Waals surface area (Å²) in [4.78, 5) is 62.6. The van der Waals surface area contributed by atoms with E-state index in [2.05, 4.69) is 0 Å². The molecule has 0 aromatic carbocycles. The summed E-state index contributed by atoms with van der Waals surface area (Å²) < 4.78 is 14.8. The molecule has 6 atom stereocenters. The number of esters is 5. The number of carbonyl (C=O) groups excluding carboxylic acids is 5. The van der Waals surface area contributed by atoms with Gasteiger partial charge in [-0.25, -0.2) is 19.2 Å². The highest BCUT2D eigenvalue weighted by Gasteiger charge is 2.51. The van der Waals surface area contributed by atoms with Gasteiger partial charge >= 0.3 is 29.8 Å². The molecule has 0 bridgehead atoms. The number of rotatable bonds is 8. The number of hydrogen-bond donors (Lipinski definition) is 3. The maximum absolute atomic E-state index is 12.8. The van der Waals surface area contributed by atoms with E-state index < -0.39 is 71.7 Å². The molecule has 3 aliphatic heterocycles. The fraction of sp³-hybridized carbons (Fsp3) is 0.577. The van der Waals surface area contributed by atoms with Gasteiger partial charge in [-0.05, 0) is 31.3 Å². The molecule has 4 rings (SSSR count). The van der Waals surface area contributed by atoms with Crippen molar-refractivity contribution >= 4 is 29.8 Å². The quantitative estimate of drug-likeness (QED) is 0.136. The lowest BCUT2D eigenvalue weighted by Crippen LogP contribution is -2.38. The molecule has 0 amide bonds. The highest BCUT2D eigenvalue weighted by molar-refractivity contribution is 6.15. The normalized spacial score (nSPS) is 29.7. The van der Waals surface area contributed by atoms with Crippen LogP contribution >= 0.6 is 0 Å². The van der Waals surface area contributed by atoms with E-state index in [0.29, 0.717) is 6.42 Å². The summed E-state index contributed by atoms with van der Waals surface area (Å²) >= 11 is 0. The Morgan fingerprint density at radius 1 is 0.892 bits per heavy atom. The van der Waals surface area contributed by atoms with Gasteiger partial charge in [-0.1, -0.05) is 38.7 Å². The van der Waals surface area contributed by atoms with Crippen molar-refractivity contribution in [3.63, 3.8) is 0 Å². The van der Waals surface area contributed by atoms with Crippen LogP contribution in [0.4, 0.5) is 0 Å². The van der Waals surface area contributed by atoms with Gasteiger partial charge in [-0.2, -0.15) is 0 Å². The molecule has 6 unspecified atom stereocenters. The molecule has 0 saturated carbocycles. The van der Waals surface area contributed by atoms with Gasteiger partial charge in [0.1, 0.15) is 6.10 Å². The Morgan fingerprint density at radius 2 is 1.51 bits per heavy atom. The molecule has 200 valence electrons. The molecule has 1 aliphatic carbocycles. The lowest BCUT2D eigenvalue weighted by molar-refractivity contribution is -0.155. The van der Waals surface area contributed by atoms with Crippen LogP contribution < -0.4 is 0 Å². The number of ether oxygens (including phenoxy) is 3. The number of aliphatic hydroxyl groups is 3. The third-order valence-corrected chi connectivity index (χ3v) is 7.32. The second-order valence-electron chi connectivity index (χ2n) is 9.77. The summed E-state index contributed by atoms with van der Waals surface area (Å²) in [5.74, 6) is -7.27. The zero-order chi connectivity index (χ0) is 26.9. The predicted molar refractivity (Wildman–Crippen MR) is 123 cm³/mol. The van der Waals surface area contributed by atoms with Crippen molar-refractivity contribution in [3.05, 3.63) is 34.4 Å². The Bertz CT molecular complexity index is 1100. The monoisotopic (exact) mass is 518 g/mol. The Kier molecular flexibility index (Phi) is 8.05. The van der Waals surface area contributed by atoms with Gasteiger partial charge in [0.2, 0.25) is 0 Å². The first kappa shape index (κ1) is 26.9. The van der Waals surface area contributed by atoms with Crippen molar-refractivity contribution in [1.82, 2.24) is 0 Å². The van der Waals surface area contributed by atoms with Gasteiger partial charge < -0.3 is 29.5 Å². The van der Waals surface area contributed by atoms with Crippen LogP contribution in [0.5, 0.6) is 0 Å². The summed E-state index contributed by atoms with van der Waals surface area (Å²) in [6, 6.07) is 0. The lowest BCUT2D eigenvalue weighted by atomic mass is 9.80. The van der Waals surface area contributed by atoms with E-state index in [4.69, 9.17) is 14.2 Å². The zero-order valence-electron chi connectivity index (χ0n) is 20.4. The SMILES string of the molecule is CCCCCCC(O)C1C2=C(CC(C(O)C3C=CCC(=O)O3)CC3=C(C(=O)OC3=O)C1O)C(=O)OC2=O. The van der Waals surface area contributed by atoms with Gasteiger partial charge in [-0.15, -0.1) is 0 Å². The van der Waals surface area contributed by atoms with Crippen molar-refractivity contribution in [2.24, 2.45) is 11.8 Å². The van der Waals surface area contributed by atoms with E-state index in [1.165, 1.54) is 12.2 Å². The van der Waals surface area contributed by atoms with Crippen LogP contribution in [-0.4, -0.2) is 69.6 Å². The molecule has 0 aromatic rings. The zero-order valence-corrected chi connectivity index (χ0v) is 20.4. The summed E-state index contributed by atoms with van der Waals surface area (Å²) in [5, 5.41) is 33.5. The average molecular weight is 519 g/mol. The Labute approximate surface area is 212 Å². The van der Waals surface area contributed by atoms with Crippen molar-refractivity contribution in [1.29, 1.82) is 0 Å². The lowest BCUT2D eigenvalue weighted by Gasteiger charge is -2.29. The Morgan fingerprint density at radius 3 is 2.14 bits per heavy atom. The Balaban J connectivity index is 1.79. The van der Waals surface area contributed by atoms with E-state index in [0.717, 1.165) is 19.3 Å². The van der Waals surface area contributed by atoms with Crippen LogP contribution in [0.2, 0.25) is 0 Å². The third kappa shape index (κ3) is 5.29. The minimum absolute atomic E-state index is 0.0180. The minimum Gasteiger partial charge on any atom is -0.455 e. The molecule has 11 nitrogen and oxygen atoms in total. The first-order valence-corrected chi connectivity index (χ1v) is 12.5. The number of unbranched alkanes of at least 4 members (excludes halogenated alkanes) is 3. The molecule has 0 spiro atoms. The van der Waals surface area contributed by atoms with Gasteiger partial charge in [0.25, 0.3) is 0 Å². The average Bonchev–Trinajstić information content (AvgIpc) is 3.30. The molecule has 0 fully saturated rings. The summed E-state index contributed by atoms with van der Waals surface area (Å²) in [6.07, 6.45) is -0.0253. The highest BCUT2D eigenvalue weighted by Crippen LogP contribution is 2.43. The first-order chi connectivity index (χ1) is 17.6. The van der Waals surface area contributed by atoms with Crippen LogP contribution in [0.25, 0.3) is 0 Å². The number of aliphatic hydroxyl groups excluding tert-OH is 3. The van der Waals surface area contributed by atoms with E-state index in [1.807, 2.05) is 6.92 Å². The highest BCUT2D eigenvalue weighted by atomic mass is 16.6. The molecule has 3 N–H and O–H groups in total. The second kappa shape index (κ2) is 11.1. The molecule has 0 radical (unpaired) electrons. The largest absolute Gasteiger partial charge is 0.455 e. The topological polar surface area (TPSA) is 174 Å². The van der Waals surface area contributed by atoms with Crippen molar-refractivity contribution in [3.8, 4) is 0 Å². The fourth-order valence-corrected chi connectivity index (χ4v) is 5.42. The van der Waals surface area contributed by atoms with Crippen LogP contribution in [0.3, 0.4) is 0 Å². The molecular formula is C26H30O11. The first-order valence-electron chi connectivity index (χ1n) is 12.5. The van der Waals surface area contributed by atoms with Gasteiger partial charge in [0.05, 0.1) is 41.5 Å².